The smallest absolute Gasteiger partial charge is 0.0967 e. The van der Waals surface area contributed by atoms with Crippen LogP contribution in [0.2, 0.25) is 0 Å². The predicted octanol–water partition coefficient (Wildman–Crippen LogP) is 4.35. The molecule has 0 bridgehead atoms. The van der Waals surface area contributed by atoms with Gasteiger partial charge in [-0.1, -0.05) is 61.5 Å². The summed E-state index contributed by atoms with van der Waals surface area (Å²) in [6, 6.07) is 22.2. The number of hydrogen-bond acceptors (Lipinski definition) is 5. The molecule has 0 atom stereocenters. The molecule has 0 unspecified atom stereocenters. The topological polar surface area (TPSA) is 59.7 Å². The molecule has 0 radical (unpaired) electrons. The van der Waals surface area contributed by atoms with Gasteiger partial charge < -0.3 is 0 Å². The molecule has 1 aromatic carbocycles. The van der Waals surface area contributed by atoms with E-state index in [0.29, 0.717) is 13.1 Å². The van der Waals surface area contributed by atoms with Crippen molar-refractivity contribution < 1.29 is 0 Å². The number of rotatable bonds is 8. The van der Waals surface area contributed by atoms with E-state index in [1.165, 1.54) is 5.56 Å². The van der Waals surface area contributed by atoms with Gasteiger partial charge in [-0.15, -0.1) is 5.10 Å². The molecular weight excluding hydrogens is 372 g/mol. The Morgan fingerprint density at radius 3 is 1.83 bits per heavy atom. The van der Waals surface area contributed by atoms with Gasteiger partial charge in [0.2, 0.25) is 0 Å². The third-order valence-corrected chi connectivity index (χ3v) is 4.38. The maximum atomic E-state index is 4.46. The van der Waals surface area contributed by atoms with E-state index in [9.17, 15) is 0 Å². The maximum absolute atomic E-state index is 4.46. The van der Waals surface area contributed by atoms with Crippen molar-refractivity contribution in [1.82, 2.24) is 29.9 Å². The first kappa shape index (κ1) is 21.3. The molecule has 0 N–H and O–H groups in total. The van der Waals surface area contributed by atoms with Gasteiger partial charge in [0.1, 0.15) is 0 Å². The average Bonchev–Trinajstić information content (AvgIpc) is 3.24. The van der Waals surface area contributed by atoms with E-state index in [0.717, 1.165) is 30.2 Å². The van der Waals surface area contributed by atoms with Gasteiger partial charge in [0.25, 0.3) is 0 Å². The van der Waals surface area contributed by atoms with Crippen molar-refractivity contribution in [2.45, 2.75) is 40.0 Å². The van der Waals surface area contributed by atoms with Crippen molar-refractivity contribution in [3.63, 3.8) is 0 Å². The fraction of sp³-hybridized carbons (Fsp3) is 0.250. The molecule has 0 saturated heterocycles. The molecule has 0 saturated carbocycles. The van der Waals surface area contributed by atoms with Crippen LogP contribution >= 0.6 is 0 Å². The Bertz CT molecular complexity index is 929. The van der Waals surface area contributed by atoms with Gasteiger partial charge in [-0.05, 0) is 29.8 Å². The van der Waals surface area contributed by atoms with Crippen molar-refractivity contribution in [2.75, 3.05) is 0 Å². The highest BCUT2D eigenvalue weighted by Crippen LogP contribution is 2.11. The van der Waals surface area contributed by atoms with Gasteiger partial charge in [0.15, 0.2) is 0 Å². The van der Waals surface area contributed by atoms with Gasteiger partial charge in [0, 0.05) is 32.0 Å². The van der Waals surface area contributed by atoms with Gasteiger partial charge in [-0.25, -0.2) is 4.68 Å². The summed E-state index contributed by atoms with van der Waals surface area (Å²) in [4.78, 5) is 11.2. The van der Waals surface area contributed by atoms with Crippen LogP contribution in [0.15, 0.2) is 85.3 Å². The van der Waals surface area contributed by atoms with Crippen LogP contribution in [0.4, 0.5) is 0 Å². The first-order valence-corrected chi connectivity index (χ1v) is 10.3. The summed E-state index contributed by atoms with van der Waals surface area (Å²) in [5.74, 6) is 0. The second kappa shape index (κ2) is 11.6. The lowest BCUT2D eigenvalue weighted by Crippen LogP contribution is -2.23. The number of benzene rings is 1. The van der Waals surface area contributed by atoms with E-state index in [-0.39, 0.29) is 0 Å². The zero-order valence-electron chi connectivity index (χ0n) is 17.6. The Balaban J connectivity index is 0.00000124. The van der Waals surface area contributed by atoms with Crippen LogP contribution in [0.1, 0.15) is 36.5 Å². The molecule has 0 aliphatic carbocycles. The Morgan fingerprint density at radius 2 is 1.27 bits per heavy atom. The molecule has 6 heteroatoms. The molecule has 6 nitrogen and oxygen atoms in total. The summed E-state index contributed by atoms with van der Waals surface area (Å²) in [5, 5.41) is 8.65. The molecule has 0 amide bonds. The molecule has 0 fully saturated rings. The van der Waals surface area contributed by atoms with Crippen LogP contribution in [0.25, 0.3) is 0 Å². The summed E-state index contributed by atoms with van der Waals surface area (Å²) < 4.78 is 1.88. The quantitative estimate of drug-likeness (QED) is 0.440. The fourth-order valence-electron chi connectivity index (χ4n) is 3.10. The zero-order valence-corrected chi connectivity index (χ0v) is 17.6. The van der Waals surface area contributed by atoms with Crippen molar-refractivity contribution >= 4 is 0 Å². The second-order valence-electron chi connectivity index (χ2n) is 6.68. The second-order valence-corrected chi connectivity index (χ2v) is 6.68. The Morgan fingerprint density at radius 1 is 0.700 bits per heavy atom. The number of hydrogen-bond donors (Lipinski definition) is 0. The van der Waals surface area contributed by atoms with Crippen LogP contribution in [-0.2, 0) is 26.2 Å². The van der Waals surface area contributed by atoms with Crippen LogP contribution < -0.4 is 0 Å². The van der Waals surface area contributed by atoms with Gasteiger partial charge in [-0.3, -0.25) is 14.9 Å². The van der Waals surface area contributed by atoms with Gasteiger partial charge in [0.05, 0.1) is 29.8 Å². The standard InChI is InChI=1S/C22H22N6.C2H6/c1-2-8-19(9-3-1)14-28-18-22(25-26-28)17-27(15-20-10-4-6-12-23-20)16-21-11-5-7-13-24-21;1-2/h1-13,18H,14-17H2;1-2H3. The molecule has 0 spiro atoms. The van der Waals surface area contributed by atoms with Crippen LogP contribution in [0, 0.1) is 0 Å². The molecule has 0 aliphatic heterocycles. The first-order chi connectivity index (χ1) is 14.8. The molecule has 3 heterocycles. The highest BCUT2D eigenvalue weighted by atomic mass is 15.4. The van der Waals surface area contributed by atoms with E-state index in [1.807, 2.05) is 91.7 Å². The van der Waals surface area contributed by atoms with E-state index < -0.39 is 0 Å². The van der Waals surface area contributed by atoms with Crippen molar-refractivity contribution in [1.29, 1.82) is 0 Å². The summed E-state index contributed by atoms with van der Waals surface area (Å²) >= 11 is 0. The predicted molar refractivity (Wildman–Crippen MR) is 118 cm³/mol. The van der Waals surface area contributed by atoms with Crippen molar-refractivity contribution in [3.05, 3.63) is 108 Å². The normalized spacial score (nSPS) is 10.5. The largest absolute Gasteiger partial charge is 0.286 e. The lowest BCUT2D eigenvalue weighted by Gasteiger charge is -2.20. The lowest BCUT2D eigenvalue weighted by molar-refractivity contribution is 0.238. The molecule has 4 rings (SSSR count). The van der Waals surface area contributed by atoms with E-state index >= 15 is 0 Å². The Labute approximate surface area is 178 Å². The molecule has 3 aromatic heterocycles. The van der Waals surface area contributed by atoms with Crippen molar-refractivity contribution in [3.8, 4) is 0 Å². The number of aromatic nitrogens is 5. The summed E-state index contributed by atoms with van der Waals surface area (Å²) in [6.45, 7) is 6.85. The highest BCUT2D eigenvalue weighted by molar-refractivity contribution is 5.15. The SMILES string of the molecule is CC.c1ccc(Cn2cc(CN(Cc3ccccn3)Cc3ccccn3)nn2)cc1. The first-order valence-electron chi connectivity index (χ1n) is 10.3. The van der Waals surface area contributed by atoms with Gasteiger partial charge >= 0.3 is 0 Å². The maximum Gasteiger partial charge on any atom is 0.0967 e. The molecule has 4 aromatic rings. The molecule has 30 heavy (non-hydrogen) atoms. The number of nitrogens with zero attached hydrogens (tertiary/aromatic N) is 6. The fourth-order valence-corrected chi connectivity index (χ4v) is 3.10. The lowest BCUT2D eigenvalue weighted by atomic mass is 10.2. The summed E-state index contributed by atoms with van der Waals surface area (Å²) in [7, 11) is 0. The summed E-state index contributed by atoms with van der Waals surface area (Å²) in [5.41, 5.74) is 4.19. The van der Waals surface area contributed by atoms with E-state index in [2.05, 4.69) is 37.3 Å². The van der Waals surface area contributed by atoms with Crippen molar-refractivity contribution in [2.24, 2.45) is 0 Å². The Kier molecular flexibility index (Phi) is 8.23. The minimum absolute atomic E-state index is 0.682. The third-order valence-electron chi connectivity index (χ3n) is 4.38. The minimum Gasteiger partial charge on any atom is -0.286 e. The van der Waals surface area contributed by atoms with Crippen LogP contribution in [0.5, 0.6) is 0 Å². The monoisotopic (exact) mass is 400 g/mol. The average molecular weight is 401 g/mol. The molecule has 0 aliphatic rings. The van der Waals surface area contributed by atoms with E-state index in [4.69, 9.17) is 0 Å². The highest BCUT2D eigenvalue weighted by Gasteiger charge is 2.12. The van der Waals surface area contributed by atoms with Gasteiger partial charge in [-0.2, -0.15) is 0 Å². The molecular formula is C24H28N6. The minimum atomic E-state index is 0.682. The molecule has 154 valence electrons. The summed E-state index contributed by atoms with van der Waals surface area (Å²) in [6.07, 6.45) is 5.66. The van der Waals surface area contributed by atoms with E-state index in [1.54, 1.807) is 0 Å². The zero-order chi connectivity index (χ0) is 21.0. The third kappa shape index (κ3) is 6.60. The van der Waals surface area contributed by atoms with Crippen LogP contribution in [-0.4, -0.2) is 29.9 Å². The Hall–Kier alpha value is -3.38. The van der Waals surface area contributed by atoms with Crippen LogP contribution in [0.3, 0.4) is 0 Å². The number of pyridine rings is 2.